The third-order valence-corrected chi connectivity index (χ3v) is 4.32. The van der Waals surface area contributed by atoms with Crippen LogP contribution < -0.4 is 10.1 Å². The zero-order valence-corrected chi connectivity index (χ0v) is 15.2. The molecule has 0 aliphatic carbocycles. The summed E-state index contributed by atoms with van der Waals surface area (Å²) in [5.41, 5.74) is -1.18. The minimum atomic E-state index is -4.55. The number of aromatic amines is 1. The maximum absolute atomic E-state index is 13.0. The van der Waals surface area contributed by atoms with Crippen molar-refractivity contribution in [1.29, 1.82) is 0 Å². The van der Waals surface area contributed by atoms with Crippen LogP contribution in [0.5, 0.6) is 5.75 Å². The van der Waals surface area contributed by atoms with Gasteiger partial charge in [-0.1, -0.05) is 42.1 Å². The molecule has 28 heavy (non-hydrogen) atoms. The van der Waals surface area contributed by atoms with Crippen LogP contribution in [0.25, 0.3) is 0 Å². The quantitative estimate of drug-likeness (QED) is 0.575. The molecule has 1 aromatic heterocycles. The van der Waals surface area contributed by atoms with Crippen LogP contribution >= 0.6 is 11.8 Å². The third kappa shape index (κ3) is 5.49. The molecule has 3 rings (SSSR count). The lowest BCUT2D eigenvalue weighted by Crippen LogP contribution is -2.18. The molecule has 0 bridgehead atoms. The molecule has 0 atom stereocenters. The van der Waals surface area contributed by atoms with Gasteiger partial charge in [-0.3, -0.25) is 9.89 Å². The van der Waals surface area contributed by atoms with Crippen LogP contribution in [0.2, 0.25) is 0 Å². The molecular formula is C18H15F3N4O2S. The van der Waals surface area contributed by atoms with Crippen molar-refractivity contribution in [2.24, 2.45) is 0 Å². The minimum absolute atomic E-state index is 0.136. The number of thioether (sulfide) groups is 1. The normalized spacial score (nSPS) is 11.2. The van der Waals surface area contributed by atoms with Gasteiger partial charge >= 0.3 is 6.18 Å². The average Bonchev–Trinajstić information content (AvgIpc) is 3.13. The zero-order valence-electron chi connectivity index (χ0n) is 14.4. The molecule has 0 aliphatic heterocycles. The van der Waals surface area contributed by atoms with Crippen molar-refractivity contribution in [2.75, 3.05) is 11.1 Å². The second kappa shape index (κ2) is 8.79. The van der Waals surface area contributed by atoms with Crippen molar-refractivity contribution in [3.05, 3.63) is 66.0 Å². The van der Waals surface area contributed by atoms with Gasteiger partial charge in [-0.15, -0.1) is 5.10 Å². The molecule has 146 valence electrons. The number of amides is 1. The fourth-order valence-electron chi connectivity index (χ4n) is 2.23. The molecule has 0 spiro atoms. The number of hydrogen-bond donors (Lipinski definition) is 2. The van der Waals surface area contributed by atoms with Gasteiger partial charge in [0.05, 0.1) is 17.0 Å². The number of carbonyl (C=O) groups excluding carboxylic acids is 1. The van der Waals surface area contributed by atoms with E-state index < -0.39 is 17.6 Å². The Hall–Kier alpha value is -3.01. The summed E-state index contributed by atoms with van der Waals surface area (Å²) in [6.07, 6.45) is -4.55. The summed E-state index contributed by atoms with van der Waals surface area (Å²) in [6, 6.07) is 14.0. The van der Waals surface area contributed by atoms with Gasteiger partial charge in [0.15, 0.2) is 5.82 Å². The Labute approximate surface area is 162 Å². The predicted molar refractivity (Wildman–Crippen MR) is 98.0 cm³/mol. The molecule has 10 heteroatoms. The molecule has 0 saturated carbocycles. The monoisotopic (exact) mass is 408 g/mol. The molecule has 1 amide bonds. The molecule has 0 radical (unpaired) electrons. The molecule has 0 aliphatic rings. The van der Waals surface area contributed by atoms with Crippen LogP contribution in [0.3, 0.4) is 0 Å². The number of benzene rings is 2. The first kappa shape index (κ1) is 19.7. The van der Waals surface area contributed by atoms with Crippen LogP contribution in [0, 0.1) is 0 Å². The second-order valence-corrected chi connectivity index (χ2v) is 6.49. The summed E-state index contributed by atoms with van der Waals surface area (Å²) in [7, 11) is 0. The topological polar surface area (TPSA) is 79.9 Å². The lowest BCUT2D eigenvalue weighted by molar-refractivity contribution is -0.137. The van der Waals surface area contributed by atoms with Crippen molar-refractivity contribution in [3.8, 4) is 5.75 Å². The Bertz CT molecular complexity index is 932. The Balaban J connectivity index is 1.51. The Morgan fingerprint density at radius 1 is 1.11 bits per heavy atom. The highest BCUT2D eigenvalue weighted by Crippen LogP contribution is 2.34. The average molecular weight is 408 g/mol. The summed E-state index contributed by atoms with van der Waals surface area (Å²) < 4.78 is 44.4. The maximum Gasteiger partial charge on any atom is 0.418 e. The van der Waals surface area contributed by atoms with Crippen LogP contribution in [-0.2, 0) is 17.6 Å². The molecule has 0 unspecified atom stereocenters. The highest BCUT2D eigenvalue weighted by molar-refractivity contribution is 7.99. The van der Waals surface area contributed by atoms with Gasteiger partial charge in [0.1, 0.15) is 12.4 Å². The van der Waals surface area contributed by atoms with E-state index in [0.717, 1.165) is 17.8 Å². The SMILES string of the molecule is O=C(CSc1n[nH]c(COc2ccccc2)n1)Nc1ccccc1C(F)(F)F. The summed E-state index contributed by atoms with van der Waals surface area (Å²) in [4.78, 5) is 16.2. The lowest BCUT2D eigenvalue weighted by Gasteiger charge is -2.13. The van der Waals surface area contributed by atoms with Crippen molar-refractivity contribution in [2.45, 2.75) is 17.9 Å². The number of H-pyrrole nitrogens is 1. The van der Waals surface area contributed by atoms with E-state index >= 15 is 0 Å². The lowest BCUT2D eigenvalue weighted by atomic mass is 10.1. The fraction of sp³-hybridized carbons (Fsp3) is 0.167. The van der Waals surface area contributed by atoms with E-state index in [-0.39, 0.29) is 18.0 Å². The van der Waals surface area contributed by atoms with Gasteiger partial charge in [0, 0.05) is 0 Å². The van der Waals surface area contributed by atoms with Crippen molar-refractivity contribution in [1.82, 2.24) is 15.2 Å². The van der Waals surface area contributed by atoms with E-state index in [1.165, 1.54) is 18.2 Å². The number of rotatable bonds is 7. The van der Waals surface area contributed by atoms with Gasteiger partial charge in [0.25, 0.3) is 0 Å². The number of ether oxygens (including phenoxy) is 1. The largest absolute Gasteiger partial charge is 0.486 e. The molecule has 2 aromatic carbocycles. The molecule has 1 heterocycles. The van der Waals surface area contributed by atoms with Gasteiger partial charge < -0.3 is 10.1 Å². The standard InChI is InChI=1S/C18H15F3N4O2S/c19-18(20,21)13-8-4-5-9-14(13)22-16(26)11-28-17-23-15(24-25-17)10-27-12-6-2-1-3-7-12/h1-9H,10-11H2,(H,22,26)(H,23,24,25). The van der Waals surface area contributed by atoms with Gasteiger partial charge in [-0.25, -0.2) is 4.98 Å². The van der Waals surface area contributed by atoms with E-state index in [2.05, 4.69) is 20.5 Å². The van der Waals surface area contributed by atoms with E-state index in [9.17, 15) is 18.0 Å². The number of para-hydroxylation sites is 2. The number of carbonyl (C=O) groups is 1. The number of nitrogens with one attached hydrogen (secondary N) is 2. The predicted octanol–water partition coefficient (Wildman–Crippen LogP) is 4.13. The summed E-state index contributed by atoms with van der Waals surface area (Å²) in [6.45, 7) is 0.169. The number of hydrogen-bond acceptors (Lipinski definition) is 5. The van der Waals surface area contributed by atoms with Crippen LogP contribution in [-0.4, -0.2) is 26.8 Å². The smallest absolute Gasteiger partial charge is 0.418 e. The first-order chi connectivity index (χ1) is 13.4. The number of nitrogens with zero attached hydrogens (tertiary/aromatic N) is 2. The van der Waals surface area contributed by atoms with Crippen LogP contribution in [0.1, 0.15) is 11.4 Å². The first-order valence-corrected chi connectivity index (χ1v) is 9.08. The highest BCUT2D eigenvalue weighted by atomic mass is 32.2. The van der Waals surface area contributed by atoms with Crippen LogP contribution in [0.4, 0.5) is 18.9 Å². The fourth-order valence-corrected chi connectivity index (χ4v) is 2.85. The Morgan fingerprint density at radius 3 is 2.57 bits per heavy atom. The number of anilines is 1. The molecule has 2 N–H and O–H groups in total. The maximum atomic E-state index is 13.0. The van der Waals surface area contributed by atoms with E-state index in [0.29, 0.717) is 16.7 Å². The minimum Gasteiger partial charge on any atom is -0.486 e. The third-order valence-electron chi connectivity index (χ3n) is 3.47. The Morgan fingerprint density at radius 2 is 1.82 bits per heavy atom. The number of alkyl halides is 3. The molecule has 3 aromatic rings. The van der Waals surface area contributed by atoms with Gasteiger partial charge in [-0.2, -0.15) is 13.2 Å². The highest BCUT2D eigenvalue weighted by Gasteiger charge is 2.33. The first-order valence-electron chi connectivity index (χ1n) is 8.10. The summed E-state index contributed by atoms with van der Waals surface area (Å²) in [5.74, 6) is 0.418. The number of aromatic nitrogens is 3. The summed E-state index contributed by atoms with van der Waals surface area (Å²) >= 11 is 1.00. The second-order valence-electron chi connectivity index (χ2n) is 5.55. The molecule has 6 nitrogen and oxygen atoms in total. The van der Waals surface area contributed by atoms with Crippen molar-refractivity contribution in [3.63, 3.8) is 0 Å². The van der Waals surface area contributed by atoms with E-state index in [4.69, 9.17) is 4.74 Å². The van der Waals surface area contributed by atoms with Crippen LogP contribution in [0.15, 0.2) is 59.8 Å². The van der Waals surface area contributed by atoms with E-state index in [1.807, 2.05) is 18.2 Å². The van der Waals surface area contributed by atoms with Gasteiger partial charge in [-0.05, 0) is 24.3 Å². The van der Waals surface area contributed by atoms with Gasteiger partial charge in [0.2, 0.25) is 11.1 Å². The zero-order chi connectivity index (χ0) is 20.0. The Kier molecular flexibility index (Phi) is 6.19. The van der Waals surface area contributed by atoms with Crippen molar-refractivity contribution < 1.29 is 22.7 Å². The number of halogens is 3. The molecular weight excluding hydrogens is 393 g/mol. The molecule has 0 saturated heterocycles. The van der Waals surface area contributed by atoms with E-state index in [1.54, 1.807) is 12.1 Å². The summed E-state index contributed by atoms with van der Waals surface area (Å²) in [5, 5.41) is 9.21. The van der Waals surface area contributed by atoms with Crippen molar-refractivity contribution >= 4 is 23.4 Å². The molecule has 0 fully saturated rings.